The molecular formula is C21H34IN5O3S. The van der Waals surface area contributed by atoms with Gasteiger partial charge in [0.15, 0.2) is 11.7 Å². The van der Waals surface area contributed by atoms with Crippen LogP contribution >= 0.6 is 24.0 Å². The molecule has 0 bridgehead atoms. The number of aromatic nitrogens is 1. The van der Waals surface area contributed by atoms with Crippen LogP contribution in [0.25, 0.3) is 0 Å². The van der Waals surface area contributed by atoms with Crippen LogP contribution in [0.5, 0.6) is 0 Å². The first-order chi connectivity index (χ1) is 14.1. The van der Waals surface area contributed by atoms with Gasteiger partial charge in [0.25, 0.3) is 0 Å². The summed E-state index contributed by atoms with van der Waals surface area (Å²) in [6, 6.07) is 8.67. The first kappa shape index (κ1) is 27.4. The summed E-state index contributed by atoms with van der Waals surface area (Å²) in [6.45, 7) is 11.4. The van der Waals surface area contributed by atoms with E-state index in [4.69, 9.17) is 4.52 Å². The number of sulfonamides is 1. The van der Waals surface area contributed by atoms with Crippen molar-refractivity contribution in [3.63, 3.8) is 0 Å². The van der Waals surface area contributed by atoms with E-state index >= 15 is 0 Å². The van der Waals surface area contributed by atoms with Crippen LogP contribution in [-0.4, -0.2) is 43.5 Å². The van der Waals surface area contributed by atoms with Gasteiger partial charge in [-0.3, -0.25) is 0 Å². The molecule has 1 aromatic heterocycles. The van der Waals surface area contributed by atoms with E-state index in [1.807, 2.05) is 26.8 Å². The maximum atomic E-state index is 12.6. The number of benzene rings is 1. The van der Waals surface area contributed by atoms with E-state index in [0.717, 1.165) is 23.6 Å². The molecule has 0 aliphatic rings. The Morgan fingerprint density at radius 1 is 1.16 bits per heavy atom. The molecule has 0 saturated carbocycles. The zero-order valence-electron chi connectivity index (χ0n) is 19.0. The van der Waals surface area contributed by atoms with E-state index in [1.54, 1.807) is 31.3 Å². The fourth-order valence-corrected chi connectivity index (χ4v) is 3.95. The second-order valence-corrected chi connectivity index (χ2v) is 9.68. The smallest absolute Gasteiger partial charge is 0.243 e. The van der Waals surface area contributed by atoms with E-state index in [2.05, 4.69) is 34.6 Å². The summed E-state index contributed by atoms with van der Waals surface area (Å²) < 4.78 is 31.8. The number of halogens is 1. The summed E-state index contributed by atoms with van der Waals surface area (Å²) in [5.41, 5.74) is 1.84. The Balaban J connectivity index is 0.00000480. The van der Waals surface area contributed by atoms with Crippen molar-refractivity contribution in [1.82, 2.24) is 20.1 Å². The molecule has 1 heterocycles. The number of rotatable bonds is 9. The van der Waals surface area contributed by atoms with E-state index in [0.29, 0.717) is 25.0 Å². The van der Waals surface area contributed by atoms with Gasteiger partial charge in [0, 0.05) is 25.7 Å². The summed E-state index contributed by atoms with van der Waals surface area (Å²) in [7, 11) is -1.89. The summed E-state index contributed by atoms with van der Waals surface area (Å²) in [4.78, 5) is 4.85. The van der Waals surface area contributed by atoms with Gasteiger partial charge in [0.2, 0.25) is 10.0 Å². The van der Waals surface area contributed by atoms with Gasteiger partial charge in [-0.05, 0) is 44.4 Å². The monoisotopic (exact) mass is 563 g/mol. The SMILES string of the molecule is CCNC(=NCc1ccc(S(=O)(=O)N(C)C(C)C)cc1)NCc1cc(C(C)C)no1.I. The Bertz CT molecular complexity index is 940. The molecule has 8 nitrogen and oxygen atoms in total. The molecule has 0 atom stereocenters. The Morgan fingerprint density at radius 3 is 2.32 bits per heavy atom. The average Bonchev–Trinajstić information content (AvgIpc) is 3.19. The molecule has 0 aliphatic carbocycles. The van der Waals surface area contributed by atoms with Gasteiger partial charge >= 0.3 is 0 Å². The third kappa shape index (κ3) is 7.76. The lowest BCUT2D eigenvalue weighted by atomic mass is 10.1. The number of nitrogens with zero attached hydrogens (tertiary/aromatic N) is 3. The van der Waals surface area contributed by atoms with Crippen LogP contribution in [0.15, 0.2) is 44.7 Å². The molecule has 2 N–H and O–H groups in total. The van der Waals surface area contributed by atoms with E-state index < -0.39 is 10.0 Å². The van der Waals surface area contributed by atoms with E-state index in [9.17, 15) is 8.42 Å². The predicted octanol–water partition coefficient (Wildman–Crippen LogP) is 3.70. The third-order valence-electron chi connectivity index (χ3n) is 4.69. The minimum Gasteiger partial charge on any atom is -0.359 e. The molecule has 31 heavy (non-hydrogen) atoms. The largest absolute Gasteiger partial charge is 0.359 e. The second kappa shape index (κ2) is 12.4. The van der Waals surface area contributed by atoms with Gasteiger partial charge in [-0.2, -0.15) is 4.31 Å². The van der Waals surface area contributed by atoms with Gasteiger partial charge in [0.1, 0.15) is 0 Å². The van der Waals surface area contributed by atoms with Crippen LogP contribution in [0.3, 0.4) is 0 Å². The summed E-state index contributed by atoms with van der Waals surface area (Å²) in [5.74, 6) is 1.71. The molecule has 0 unspecified atom stereocenters. The normalized spacial score (nSPS) is 12.4. The van der Waals surface area contributed by atoms with Crippen molar-refractivity contribution >= 4 is 40.0 Å². The minimum atomic E-state index is -3.48. The molecule has 0 saturated heterocycles. The molecule has 2 aromatic rings. The van der Waals surface area contributed by atoms with Crippen molar-refractivity contribution in [3.05, 3.63) is 47.3 Å². The van der Waals surface area contributed by atoms with E-state index in [1.165, 1.54) is 4.31 Å². The van der Waals surface area contributed by atoms with Crippen LogP contribution in [0, 0.1) is 0 Å². The van der Waals surface area contributed by atoms with Gasteiger partial charge in [-0.25, -0.2) is 13.4 Å². The van der Waals surface area contributed by atoms with Crippen molar-refractivity contribution in [1.29, 1.82) is 0 Å². The molecule has 174 valence electrons. The van der Waals surface area contributed by atoms with Gasteiger partial charge in [0.05, 0.1) is 23.7 Å². The van der Waals surface area contributed by atoms with Crippen LogP contribution in [0.4, 0.5) is 0 Å². The molecular weight excluding hydrogens is 529 g/mol. The lowest BCUT2D eigenvalue weighted by molar-refractivity contribution is 0.372. The standard InChI is InChI=1S/C21H33N5O3S.HI/c1-7-22-21(24-14-18-12-20(15(2)3)25-29-18)23-13-17-8-10-19(11-9-17)30(27,28)26(6)16(4)5;/h8-12,15-16H,7,13-14H2,1-6H3,(H2,22,23,24);1H. The molecule has 2 rings (SSSR count). The highest BCUT2D eigenvalue weighted by atomic mass is 127. The second-order valence-electron chi connectivity index (χ2n) is 7.68. The molecule has 0 aliphatic heterocycles. The van der Waals surface area contributed by atoms with Crippen molar-refractivity contribution in [2.75, 3.05) is 13.6 Å². The highest BCUT2D eigenvalue weighted by Gasteiger charge is 2.22. The molecule has 0 radical (unpaired) electrons. The van der Waals surface area contributed by atoms with Crippen LogP contribution in [-0.2, 0) is 23.1 Å². The van der Waals surface area contributed by atoms with Crippen LogP contribution < -0.4 is 10.6 Å². The first-order valence-electron chi connectivity index (χ1n) is 10.2. The Kier molecular flexibility index (Phi) is 10.9. The average molecular weight is 564 g/mol. The highest BCUT2D eigenvalue weighted by Crippen LogP contribution is 2.17. The molecule has 0 fully saturated rings. The first-order valence-corrected chi connectivity index (χ1v) is 11.6. The molecule has 10 heteroatoms. The molecule has 0 spiro atoms. The van der Waals surface area contributed by atoms with E-state index in [-0.39, 0.29) is 34.9 Å². The van der Waals surface area contributed by atoms with Crippen LogP contribution in [0.2, 0.25) is 0 Å². The predicted molar refractivity (Wildman–Crippen MR) is 134 cm³/mol. The van der Waals surface area contributed by atoms with Gasteiger partial charge in [-0.1, -0.05) is 31.1 Å². The Labute approximate surface area is 202 Å². The lowest BCUT2D eigenvalue weighted by Crippen LogP contribution is -2.36. The quantitative estimate of drug-likeness (QED) is 0.274. The zero-order chi connectivity index (χ0) is 22.3. The highest BCUT2D eigenvalue weighted by molar-refractivity contribution is 14.0. The van der Waals surface area contributed by atoms with Gasteiger partial charge in [-0.15, -0.1) is 24.0 Å². The number of nitrogens with one attached hydrogen (secondary N) is 2. The maximum absolute atomic E-state index is 12.6. The molecule has 1 aromatic carbocycles. The third-order valence-corrected chi connectivity index (χ3v) is 6.74. The van der Waals surface area contributed by atoms with Crippen molar-refractivity contribution in [2.45, 2.75) is 64.6 Å². The van der Waals surface area contributed by atoms with Crippen molar-refractivity contribution in [3.8, 4) is 0 Å². The summed E-state index contributed by atoms with van der Waals surface area (Å²) in [6.07, 6.45) is 0. The minimum absolute atomic E-state index is 0. The Hall–Kier alpha value is -1.66. The summed E-state index contributed by atoms with van der Waals surface area (Å²) in [5, 5.41) is 10.5. The summed E-state index contributed by atoms with van der Waals surface area (Å²) >= 11 is 0. The number of aliphatic imine (C=N–C) groups is 1. The van der Waals surface area contributed by atoms with Crippen LogP contribution in [0.1, 0.15) is 57.6 Å². The van der Waals surface area contributed by atoms with Crippen molar-refractivity contribution < 1.29 is 12.9 Å². The lowest BCUT2D eigenvalue weighted by Gasteiger charge is -2.21. The fraction of sp³-hybridized carbons (Fsp3) is 0.524. The zero-order valence-corrected chi connectivity index (χ0v) is 22.2. The number of hydrogen-bond acceptors (Lipinski definition) is 5. The van der Waals surface area contributed by atoms with Gasteiger partial charge < -0.3 is 15.2 Å². The molecule has 0 amide bonds. The van der Waals surface area contributed by atoms with Crippen molar-refractivity contribution in [2.24, 2.45) is 4.99 Å². The number of hydrogen-bond donors (Lipinski definition) is 2. The fourth-order valence-electron chi connectivity index (χ4n) is 2.58. The maximum Gasteiger partial charge on any atom is 0.243 e. The number of guanidine groups is 1. The topological polar surface area (TPSA) is 99.8 Å². The Morgan fingerprint density at radius 2 is 1.81 bits per heavy atom.